The van der Waals surface area contributed by atoms with Crippen LogP contribution in [0.2, 0.25) is 0 Å². The van der Waals surface area contributed by atoms with E-state index < -0.39 is 0 Å². The third-order valence-electron chi connectivity index (χ3n) is 3.28. The van der Waals surface area contributed by atoms with Gasteiger partial charge in [0.25, 0.3) is 0 Å². The molecule has 1 aromatic rings. The summed E-state index contributed by atoms with van der Waals surface area (Å²) in [6.45, 7) is 1.92. The van der Waals surface area contributed by atoms with Crippen molar-refractivity contribution in [1.29, 1.82) is 0 Å². The summed E-state index contributed by atoms with van der Waals surface area (Å²) >= 11 is 0. The van der Waals surface area contributed by atoms with Crippen LogP contribution in [-0.4, -0.2) is 5.91 Å². The Bertz CT molecular complexity index is 512. The van der Waals surface area contributed by atoms with Crippen molar-refractivity contribution in [3.05, 3.63) is 53.1 Å². The SMILES string of the molecule is C.CC(=C/C(N)=O)/C=C1\CCCCc2ccccc21. The lowest BCUT2D eigenvalue weighted by Crippen LogP contribution is -2.06. The van der Waals surface area contributed by atoms with Gasteiger partial charge in [-0.3, -0.25) is 4.79 Å². The Labute approximate surface area is 116 Å². The first-order chi connectivity index (χ1) is 8.66. The maximum atomic E-state index is 10.9. The topological polar surface area (TPSA) is 43.1 Å². The van der Waals surface area contributed by atoms with E-state index in [2.05, 4.69) is 30.3 Å². The minimum absolute atomic E-state index is 0. The second-order valence-electron chi connectivity index (χ2n) is 4.82. The summed E-state index contributed by atoms with van der Waals surface area (Å²) in [5, 5.41) is 0. The second-order valence-corrected chi connectivity index (χ2v) is 4.82. The van der Waals surface area contributed by atoms with Crippen LogP contribution >= 0.6 is 0 Å². The molecule has 0 aromatic heterocycles. The van der Waals surface area contributed by atoms with Crippen LogP contribution < -0.4 is 5.73 Å². The summed E-state index contributed by atoms with van der Waals surface area (Å²) in [6, 6.07) is 8.53. The average Bonchev–Trinajstić information content (AvgIpc) is 2.51. The third-order valence-corrected chi connectivity index (χ3v) is 3.28. The number of carbonyl (C=O) groups is 1. The molecular formula is C17H23NO. The lowest BCUT2D eigenvalue weighted by molar-refractivity contribution is -0.113. The molecule has 0 heterocycles. The van der Waals surface area contributed by atoms with E-state index in [9.17, 15) is 4.79 Å². The minimum Gasteiger partial charge on any atom is -0.366 e. The molecule has 1 aromatic carbocycles. The molecule has 2 N–H and O–H groups in total. The number of carbonyl (C=O) groups excluding carboxylic acids is 1. The molecule has 19 heavy (non-hydrogen) atoms. The van der Waals surface area contributed by atoms with E-state index in [1.165, 1.54) is 35.6 Å². The summed E-state index contributed by atoms with van der Waals surface area (Å²) in [4.78, 5) is 10.9. The van der Waals surface area contributed by atoms with Gasteiger partial charge in [-0.05, 0) is 54.9 Å². The number of hydrogen-bond acceptors (Lipinski definition) is 1. The highest BCUT2D eigenvalue weighted by molar-refractivity contribution is 5.87. The van der Waals surface area contributed by atoms with Crippen molar-refractivity contribution in [3.8, 4) is 0 Å². The van der Waals surface area contributed by atoms with Crippen LogP contribution in [-0.2, 0) is 11.2 Å². The first-order valence-corrected chi connectivity index (χ1v) is 6.43. The van der Waals surface area contributed by atoms with Crippen molar-refractivity contribution in [2.45, 2.75) is 40.0 Å². The predicted molar refractivity (Wildman–Crippen MR) is 81.7 cm³/mol. The number of nitrogens with two attached hydrogens (primary N) is 1. The highest BCUT2D eigenvalue weighted by atomic mass is 16.1. The molecule has 0 fully saturated rings. The number of aryl methyl sites for hydroxylation is 1. The first-order valence-electron chi connectivity index (χ1n) is 6.43. The van der Waals surface area contributed by atoms with Crippen LogP contribution in [0.3, 0.4) is 0 Å². The summed E-state index contributed by atoms with van der Waals surface area (Å²) in [7, 11) is 0. The van der Waals surface area contributed by atoms with Crippen LogP contribution in [0.1, 0.15) is 44.7 Å². The van der Waals surface area contributed by atoms with Gasteiger partial charge in [0.05, 0.1) is 0 Å². The molecule has 102 valence electrons. The standard InChI is InChI=1S/C16H19NO.CH4/c1-12(11-16(17)18)10-14-8-3-2-6-13-7-4-5-9-15(13)14;/h4-5,7,9-11H,2-3,6,8H2,1H3,(H2,17,18);1H4/b12-11-,14-10+;. The maximum absolute atomic E-state index is 10.9. The molecule has 0 saturated carbocycles. The van der Waals surface area contributed by atoms with Gasteiger partial charge in [-0.15, -0.1) is 0 Å². The Kier molecular flexibility index (Phi) is 5.56. The van der Waals surface area contributed by atoms with Gasteiger partial charge < -0.3 is 5.73 Å². The molecular weight excluding hydrogens is 234 g/mol. The van der Waals surface area contributed by atoms with Crippen molar-refractivity contribution in [2.75, 3.05) is 0 Å². The first kappa shape index (κ1) is 15.2. The Morgan fingerprint density at radius 3 is 2.63 bits per heavy atom. The normalized spacial score (nSPS) is 17.3. The number of rotatable bonds is 2. The molecule has 0 saturated heterocycles. The van der Waals surface area contributed by atoms with Crippen molar-refractivity contribution < 1.29 is 4.79 Å². The Morgan fingerprint density at radius 1 is 1.21 bits per heavy atom. The molecule has 2 nitrogen and oxygen atoms in total. The number of primary amides is 1. The van der Waals surface area contributed by atoms with Gasteiger partial charge in [0.15, 0.2) is 0 Å². The van der Waals surface area contributed by atoms with Gasteiger partial charge in [-0.2, -0.15) is 0 Å². The number of benzene rings is 1. The molecule has 1 amide bonds. The second kappa shape index (κ2) is 6.93. The molecule has 0 bridgehead atoms. The maximum Gasteiger partial charge on any atom is 0.241 e. The highest BCUT2D eigenvalue weighted by Gasteiger charge is 2.11. The van der Waals surface area contributed by atoms with E-state index in [0.29, 0.717) is 0 Å². The minimum atomic E-state index is -0.383. The van der Waals surface area contributed by atoms with Crippen molar-refractivity contribution >= 4 is 11.5 Å². The molecule has 0 unspecified atom stereocenters. The predicted octanol–water partition coefficient (Wildman–Crippen LogP) is 3.86. The molecule has 0 aliphatic heterocycles. The van der Waals surface area contributed by atoms with Crippen LogP contribution in [0, 0.1) is 0 Å². The lowest BCUT2D eigenvalue weighted by Gasteiger charge is -2.08. The van der Waals surface area contributed by atoms with E-state index in [-0.39, 0.29) is 13.3 Å². The highest BCUT2D eigenvalue weighted by Crippen LogP contribution is 2.30. The molecule has 0 spiro atoms. The van der Waals surface area contributed by atoms with E-state index in [1.807, 2.05) is 6.92 Å². The van der Waals surface area contributed by atoms with Gasteiger partial charge >= 0.3 is 0 Å². The van der Waals surface area contributed by atoms with Crippen LogP contribution in [0.5, 0.6) is 0 Å². The van der Waals surface area contributed by atoms with Gasteiger partial charge in [-0.25, -0.2) is 0 Å². The van der Waals surface area contributed by atoms with Gasteiger partial charge in [0.2, 0.25) is 5.91 Å². The third kappa shape index (κ3) is 4.09. The van der Waals surface area contributed by atoms with Crippen molar-refractivity contribution in [3.63, 3.8) is 0 Å². The zero-order valence-corrected chi connectivity index (χ0v) is 10.8. The summed E-state index contributed by atoms with van der Waals surface area (Å²) < 4.78 is 0. The average molecular weight is 257 g/mol. The number of fused-ring (bicyclic) bond motifs is 1. The zero-order valence-electron chi connectivity index (χ0n) is 10.8. The lowest BCUT2D eigenvalue weighted by atomic mass is 9.97. The van der Waals surface area contributed by atoms with Crippen molar-refractivity contribution in [2.24, 2.45) is 5.73 Å². The number of allylic oxidation sites excluding steroid dienone is 3. The molecule has 2 heteroatoms. The van der Waals surface area contributed by atoms with Crippen LogP contribution in [0.4, 0.5) is 0 Å². The molecule has 2 rings (SSSR count). The van der Waals surface area contributed by atoms with Gasteiger partial charge in [0.1, 0.15) is 0 Å². The van der Waals surface area contributed by atoms with Crippen LogP contribution in [0.15, 0.2) is 42.0 Å². The fraction of sp³-hybridized carbons (Fsp3) is 0.353. The molecule has 1 aliphatic rings. The largest absolute Gasteiger partial charge is 0.366 e. The smallest absolute Gasteiger partial charge is 0.241 e. The monoisotopic (exact) mass is 257 g/mol. The fourth-order valence-corrected chi connectivity index (χ4v) is 2.51. The van der Waals surface area contributed by atoms with Crippen molar-refractivity contribution in [1.82, 2.24) is 0 Å². The molecule has 0 radical (unpaired) electrons. The summed E-state index contributed by atoms with van der Waals surface area (Å²) in [5.74, 6) is -0.383. The molecule has 1 aliphatic carbocycles. The van der Waals surface area contributed by atoms with E-state index in [4.69, 9.17) is 5.73 Å². The Hall–Kier alpha value is -1.83. The quantitative estimate of drug-likeness (QED) is 0.634. The van der Waals surface area contributed by atoms with Gasteiger partial charge in [0, 0.05) is 6.08 Å². The Morgan fingerprint density at radius 2 is 1.89 bits per heavy atom. The van der Waals surface area contributed by atoms with E-state index >= 15 is 0 Å². The number of hydrogen-bond donors (Lipinski definition) is 1. The number of amides is 1. The fourth-order valence-electron chi connectivity index (χ4n) is 2.51. The summed E-state index contributed by atoms with van der Waals surface area (Å²) in [5.41, 5.74) is 10.2. The van der Waals surface area contributed by atoms with Crippen LogP contribution in [0.25, 0.3) is 5.57 Å². The van der Waals surface area contributed by atoms with Gasteiger partial charge in [-0.1, -0.05) is 37.8 Å². The van der Waals surface area contributed by atoms with E-state index in [1.54, 1.807) is 0 Å². The van der Waals surface area contributed by atoms with E-state index in [0.717, 1.165) is 18.4 Å². The summed E-state index contributed by atoms with van der Waals surface area (Å²) in [6.07, 6.45) is 8.22. The zero-order chi connectivity index (χ0) is 13.0. The molecule has 0 atom stereocenters. The Balaban J connectivity index is 0.00000180.